The van der Waals surface area contributed by atoms with Gasteiger partial charge in [-0.25, -0.2) is 4.39 Å². The molecule has 1 aromatic rings. The topological polar surface area (TPSA) is 44.3 Å². The molecule has 0 bridgehead atoms. The summed E-state index contributed by atoms with van der Waals surface area (Å²) in [6.45, 7) is 2.91. The molecule has 3 nitrogen and oxygen atoms in total. The van der Waals surface area contributed by atoms with Crippen LogP contribution in [0.1, 0.15) is 5.56 Å². The standard InChI is InChI=1S/C12H17FN2O/c13-11-3-1-2-9(4-11)5-14-6-10-7-15-8-12(10)16/h1-4,10,12,14-16H,5-8H2. The summed E-state index contributed by atoms with van der Waals surface area (Å²) in [7, 11) is 0. The van der Waals surface area contributed by atoms with Gasteiger partial charge < -0.3 is 15.7 Å². The first kappa shape index (κ1) is 11.5. The first-order chi connectivity index (χ1) is 7.75. The number of β-amino-alcohol motifs (C(OH)–C–C–N with tert-alkyl or cyclic N) is 1. The maximum atomic E-state index is 12.9. The molecule has 1 saturated heterocycles. The van der Waals surface area contributed by atoms with Crippen LogP contribution in [0.15, 0.2) is 24.3 Å². The first-order valence-corrected chi connectivity index (χ1v) is 5.59. The quantitative estimate of drug-likeness (QED) is 0.697. The van der Waals surface area contributed by atoms with Gasteiger partial charge in [0.2, 0.25) is 0 Å². The summed E-state index contributed by atoms with van der Waals surface area (Å²) in [5.41, 5.74) is 0.931. The third-order valence-electron chi connectivity index (χ3n) is 2.93. The molecule has 1 aliphatic heterocycles. The Kier molecular flexibility index (Phi) is 3.88. The fourth-order valence-corrected chi connectivity index (χ4v) is 1.98. The third kappa shape index (κ3) is 3.01. The average molecular weight is 224 g/mol. The van der Waals surface area contributed by atoms with E-state index in [-0.39, 0.29) is 17.8 Å². The van der Waals surface area contributed by atoms with Crippen LogP contribution in [0.2, 0.25) is 0 Å². The van der Waals surface area contributed by atoms with Crippen molar-refractivity contribution >= 4 is 0 Å². The Morgan fingerprint density at radius 2 is 2.31 bits per heavy atom. The Morgan fingerprint density at radius 1 is 1.44 bits per heavy atom. The minimum atomic E-state index is -0.264. The van der Waals surface area contributed by atoms with Crippen LogP contribution in [0, 0.1) is 11.7 Å². The van der Waals surface area contributed by atoms with E-state index in [4.69, 9.17) is 0 Å². The lowest BCUT2D eigenvalue weighted by molar-refractivity contribution is 0.146. The molecule has 0 aromatic heterocycles. The minimum absolute atomic E-state index is 0.207. The van der Waals surface area contributed by atoms with E-state index in [2.05, 4.69) is 10.6 Å². The highest BCUT2D eigenvalue weighted by Gasteiger charge is 2.23. The average Bonchev–Trinajstić information content (AvgIpc) is 2.65. The van der Waals surface area contributed by atoms with E-state index >= 15 is 0 Å². The summed E-state index contributed by atoms with van der Waals surface area (Å²) >= 11 is 0. The zero-order valence-electron chi connectivity index (χ0n) is 9.12. The van der Waals surface area contributed by atoms with Crippen LogP contribution in [-0.4, -0.2) is 30.8 Å². The molecule has 3 N–H and O–H groups in total. The van der Waals surface area contributed by atoms with Crippen LogP contribution < -0.4 is 10.6 Å². The van der Waals surface area contributed by atoms with Gasteiger partial charge in [-0.15, -0.1) is 0 Å². The second kappa shape index (κ2) is 5.39. The minimum Gasteiger partial charge on any atom is -0.391 e. The SMILES string of the molecule is OC1CNCC1CNCc1cccc(F)c1. The van der Waals surface area contributed by atoms with Gasteiger partial charge in [-0.2, -0.15) is 0 Å². The Labute approximate surface area is 94.7 Å². The smallest absolute Gasteiger partial charge is 0.123 e. The second-order valence-electron chi connectivity index (χ2n) is 4.25. The van der Waals surface area contributed by atoms with Crippen LogP contribution >= 0.6 is 0 Å². The normalized spacial score (nSPS) is 24.9. The van der Waals surface area contributed by atoms with Gasteiger partial charge in [0, 0.05) is 32.1 Å². The molecule has 4 heteroatoms. The molecule has 88 valence electrons. The predicted octanol–water partition coefficient (Wildman–Crippen LogP) is 0.496. The van der Waals surface area contributed by atoms with E-state index in [1.807, 2.05) is 6.07 Å². The number of hydrogen-bond donors (Lipinski definition) is 3. The van der Waals surface area contributed by atoms with E-state index in [0.717, 1.165) is 18.7 Å². The van der Waals surface area contributed by atoms with Crippen LogP contribution in [0.4, 0.5) is 4.39 Å². The van der Waals surface area contributed by atoms with Crippen molar-refractivity contribution in [3.63, 3.8) is 0 Å². The highest BCUT2D eigenvalue weighted by Crippen LogP contribution is 2.08. The van der Waals surface area contributed by atoms with Crippen molar-refractivity contribution in [2.24, 2.45) is 5.92 Å². The highest BCUT2D eigenvalue weighted by atomic mass is 19.1. The number of rotatable bonds is 4. The van der Waals surface area contributed by atoms with Crippen LogP contribution in [0.5, 0.6) is 0 Å². The molecular formula is C12H17FN2O. The summed E-state index contributed by atoms with van der Waals surface area (Å²) in [5.74, 6) is 0.0513. The van der Waals surface area contributed by atoms with Gasteiger partial charge in [-0.1, -0.05) is 12.1 Å². The molecule has 0 amide bonds. The van der Waals surface area contributed by atoms with Gasteiger partial charge in [0.25, 0.3) is 0 Å². The van der Waals surface area contributed by atoms with Gasteiger partial charge in [-0.3, -0.25) is 0 Å². The zero-order valence-corrected chi connectivity index (χ0v) is 9.12. The van der Waals surface area contributed by atoms with Crippen molar-refractivity contribution in [2.45, 2.75) is 12.6 Å². The van der Waals surface area contributed by atoms with E-state index in [1.54, 1.807) is 6.07 Å². The largest absolute Gasteiger partial charge is 0.391 e. The molecule has 2 atom stereocenters. The Bertz CT molecular complexity index is 346. The Morgan fingerprint density at radius 3 is 3.00 bits per heavy atom. The maximum absolute atomic E-state index is 12.9. The number of hydrogen-bond acceptors (Lipinski definition) is 3. The van der Waals surface area contributed by atoms with Crippen LogP contribution in [0.25, 0.3) is 0 Å². The number of halogens is 1. The fraction of sp³-hybridized carbons (Fsp3) is 0.500. The van der Waals surface area contributed by atoms with Crippen molar-refractivity contribution in [3.05, 3.63) is 35.6 Å². The summed E-state index contributed by atoms with van der Waals surface area (Å²) < 4.78 is 12.9. The van der Waals surface area contributed by atoms with Crippen molar-refractivity contribution in [2.75, 3.05) is 19.6 Å². The van der Waals surface area contributed by atoms with Gasteiger partial charge in [0.15, 0.2) is 0 Å². The number of aliphatic hydroxyl groups is 1. The molecule has 2 unspecified atom stereocenters. The van der Waals surface area contributed by atoms with Crippen molar-refractivity contribution in [1.29, 1.82) is 0 Å². The summed E-state index contributed by atoms with van der Waals surface area (Å²) in [4.78, 5) is 0. The molecule has 16 heavy (non-hydrogen) atoms. The number of nitrogens with one attached hydrogen (secondary N) is 2. The number of benzene rings is 1. The van der Waals surface area contributed by atoms with Crippen molar-refractivity contribution < 1.29 is 9.50 Å². The molecule has 0 spiro atoms. The van der Waals surface area contributed by atoms with E-state index < -0.39 is 0 Å². The van der Waals surface area contributed by atoms with E-state index in [1.165, 1.54) is 12.1 Å². The summed E-state index contributed by atoms with van der Waals surface area (Å²) in [6, 6.07) is 6.56. The lowest BCUT2D eigenvalue weighted by Crippen LogP contribution is -2.30. The first-order valence-electron chi connectivity index (χ1n) is 5.59. The van der Waals surface area contributed by atoms with Gasteiger partial charge in [-0.05, 0) is 17.7 Å². The number of aliphatic hydroxyl groups excluding tert-OH is 1. The van der Waals surface area contributed by atoms with Crippen molar-refractivity contribution in [1.82, 2.24) is 10.6 Å². The Hall–Kier alpha value is -0.970. The fourth-order valence-electron chi connectivity index (χ4n) is 1.98. The molecule has 1 aromatic carbocycles. The van der Waals surface area contributed by atoms with Crippen molar-refractivity contribution in [3.8, 4) is 0 Å². The molecule has 0 saturated carbocycles. The monoisotopic (exact) mass is 224 g/mol. The predicted molar refractivity (Wildman–Crippen MR) is 60.5 cm³/mol. The van der Waals surface area contributed by atoms with E-state index in [0.29, 0.717) is 13.1 Å². The lowest BCUT2D eigenvalue weighted by atomic mass is 10.1. The van der Waals surface area contributed by atoms with Gasteiger partial charge in [0.1, 0.15) is 5.82 Å². The third-order valence-corrected chi connectivity index (χ3v) is 2.93. The molecule has 0 radical (unpaired) electrons. The van der Waals surface area contributed by atoms with E-state index in [9.17, 15) is 9.50 Å². The summed E-state index contributed by atoms with van der Waals surface area (Å²) in [5, 5.41) is 15.9. The Balaban J connectivity index is 1.75. The van der Waals surface area contributed by atoms with Gasteiger partial charge >= 0.3 is 0 Å². The molecule has 0 aliphatic carbocycles. The highest BCUT2D eigenvalue weighted by molar-refractivity contribution is 5.15. The van der Waals surface area contributed by atoms with Crippen LogP contribution in [0.3, 0.4) is 0 Å². The molecule has 2 rings (SSSR count). The summed E-state index contributed by atoms with van der Waals surface area (Å²) in [6.07, 6.45) is -0.264. The van der Waals surface area contributed by atoms with Gasteiger partial charge in [0.05, 0.1) is 6.10 Å². The lowest BCUT2D eigenvalue weighted by Gasteiger charge is -2.14. The van der Waals surface area contributed by atoms with Crippen LogP contribution in [-0.2, 0) is 6.54 Å². The zero-order chi connectivity index (χ0) is 11.4. The maximum Gasteiger partial charge on any atom is 0.123 e. The second-order valence-corrected chi connectivity index (χ2v) is 4.25. The molecule has 1 heterocycles. The molecule has 1 aliphatic rings. The molecule has 1 fully saturated rings. The molecular weight excluding hydrogens is 207 g/mol.